The topological polar surface area (TPSA) is 54.4 Å². The van der Waals surface area contributed by atoms with Gasteiger partial charge in [0.05, 0.1) is 24.1 Å². The number of hydrogen-bond acceptors (Lipinski definition) is 6. The zero-order valence-electron chi connectivity index (χ0n) is 18.4. The Balaban J connectivity index is 1.32. The average Bonchev–Trinajstić information content (AvgIpc) is 3.06. The van der Waals surface area contributed by atoms with Crippen LogP contribution < -0.4 is 9.80 Å². The molecule has 2 fully saturated rings. The Hall–Kier alpha value is -2.61. The Morgan fingerprint density at radius 2 is 2.06 bits per heavy atom. The van der Waals surface area contributed by atoms with E-state index in [4.69, 9.17) is 4.74 Å². The van der Waals surface area contributed by atoms with Crippen LogP contribution in [0.5, 0.6) is 0 Å². The van der Waals surface area contributed by atoms with E-state index in [-0.39, 0.29) is 11.3 Å². The first-order valence-corrected chi connectivity index (χ1v) is 11.4. The quantitative estimate of drug-likeness (QED) is 0.692. The minimum absolute atomic E-state index is 0.108. The first-order chi connectivity index (χ1) is 15.5. The standard InChI is InChI=1S/C24H27F2N5O/c1-14-11-27-29-17-13-32-24(21(14)17)6-8-30(9-7-24)20-10-19-16(22(28-20)23(25)26)4-3-5-18-15(2)12-31(18)19/h3-4,10-11,15,18,23H,5-9,12-13H2,1-2H3. The van der Waals surface area contributed by atoms with Crippen molar-refractivity contribution in [3.8, 4) is 0 Å². The van der Waals surface area contributed by atoms with Crippen molar-refractivity contribution in [1.82, 2.24) is 15.2 Å². The summed E-state index contributed by atoms with van der Waals surface area (Å²) in [6.45, 7) is 7.07. The van der Waals surface area contributed by atoms with Crippen LogP contribution in [-0.2, 0) is 16.9 Å². The molecule has 6 heterocycles. The fourth-order valence-electron chi connectivity index (χ4n) is 6.00. The van der Waals surface area contributed by atoms with Crippen LogP contribution in [0.2, 0.25) is 0 Å². The predicted octanol–water partition coefficient (Wildman–Crippen LogP) is 4.39. The maximum Gasteiger partial charge on any atom is 0.281 e. The van der Waals surface area contributed by atoms with Crippen molar-refractivity contribution in [3.63, 3.8) is 0 Å². The van der Waals surface area contributed by atoms with Crippen LogP contribution in [0.4, 0.5) is 20.3 Å². The highest BCUT2D eigenvalue weighted by atomic mass is 19.3. The van der Waals surface area contributed by atoms with Gasteiger partial charge in [-0.05, 0) is 37.7 Å². The molecular formula is C24H27F2N5O. The molecule has 0 aromatic carbocycles. The zero-order chi connectivity index (χ0) is 22.0. The largest absolute Gasteiger partial charge is 0.367 e. The highest BCUT2D eigenvalue weighted by Gasteiger charge is 2.45. The summed E-state index contributed by atoms with van der Waals surface area (Å²) in [4.78, 5) is 8.88. The lowest BCUT2D eigenvalue weighted by Gasteiger charge is -2.48. The highest BCUT2D eigenvalue weighted by Crippen LogP contribution is 2.47. The number of pyridine rings is 1. The Labute approximate surface area is 186 Å². The number of aryl methyl sites for hydroxylation is 1. The summed E-state index contributed by atoms with van der Waals surface area (Å²) in [6, 6.07) is 2.40. The van der Waals surface area contributed by atoms with E-state index in [2.05, 4.69) is 38.8 Å². The smallest absolute Gasteiger partial charge is 0.281 e. The molecule has 2 saturated heterocycles. The lowest BCUT2D eigenvalue weighted by atomic mass is 9.83. The number of hydrogen-bond donors (Lipinski definition) is 0. The summed E-state index contributed by atoms with van der Waals surface area (Å²) >= 11 is 0. The first-order valence-electron chi connectivity index (χ1n) is 11.4. The molecule has 6 nitrogen and oxygen atoms in total. The van der Waals surface area contributed by atoms with E-state index in [1.54, 1.807) is 6.20 Å². The van der Waals surface area contributed by atoms with Gasteiger partial charge in [-0.1, -0.05) is 19.1 Å². The normalized spacial score (nSPS) is 25.4. The minimum atomic E-state index is -2.61. The Kier molecular flexibility index (Phi) is 4.51. The Morgan fingerprint density at radius 3 is 2.81 bits per heavy atom. The predicted molar refractivity (Wildman–Crippen MR) is 118 cm³/mol. The number of rotatable bonds is 2. The molecule has 2 aromatic heterocycles. The monoisotopic (exact) mass is 439 g/mol. The zero-order valence-corrected chi connectivity index (χ0v) is 18.4. The maximum atomic E-state index is 14.0. The summed E-state index contributed by atoms with van der Waals surface area (Å²) in [5.41, 5.74) is 4.20. The molecule has 32 heavy (non-hydrogen) atoms. The molecule has 0 amide bonds. The number of anilines is 2. The van der Waals surface area contributed by atoms with Gasteiger partial charge in [-0.3, -0.25) is 0 Å². The van der Waals surface area contributed by atoms with Crippen LogP contribution in [-0.4, -0.2) is 40.9 Å². The molecule has 168 valence electrons. The average molecular weight is 440 g/mol. The van der Waals surface area contributed by atoms with Crippen LogP contribution in [0.15, 0.2) is 18.3 Å². The van der Waals surface area contributed by atoms with Crippen molar-refractivity contribution < 1.29 is 13.5 Å². The van der Waals surface area contributed by atoms with Crippen LogP contribution in [0.25, 0.3) is 6.08 Å². The molecular weight excluding hydrogens is 412 g/mol. The second-order valence-corrected chi connectivity index (χ2v) is 9.55. The molecule has 8 heteroatoms. The Bertz CT molecular complexity index is 1100. The van der Waals surface area contributed by atoms with E-state index < -0.39 is 6.43 Å². The van der Waals surface area contributed by atoms with Crippen molar-refractivity contribution in [2.45, 2.75) is 57.8 Å². The third-order valence-electron chi connectivity index (χ3n) is 7.72. The molecule has 0 aliphatic carbocycles. The second-order valence-electron chi connectivity index (χ2n) is 9.55. The summed E-state index contributed by atoms with van der Waals surface area (Å²) in [5, 5.41) is 8.33. The van der Waals surface area contributed by atoms with E-state index in [0.29, 0.717) is 43.0 Å². The molecule has 0 saturated carbocycles. The summed E-state index contributed by atoms with van der Waals surface area (Å²) in [6.07, 6.45) is 5.50. The number of nitrogens with zero attached hydrogens (tertiary/aromatic N) is 5. The molecule has 6 rings (SSSR count). The van der Waals surface area contributed by atoms with Crippen molar-refractivity contribution >= 4 is 17.6 Å². The van der Waals surface area contributed by atoms with E-state index in [1.807, 2.05) is 18.2 Å². The molecule has 4 aliphatic heterocycles. The molecule has 4 aliphatic rings. The van der Waals surface area contributed by atoms with E-state index in [0.717, 1.165) is 48.3 Å². The number of halogens is 2. The van der Waals surface area contributed by atoms with Crippen LogP contribution in [0.3, 0.4) is 0 Å². The molecule has 2 unspecified atom stereocenters. The van der Waals surface area contributed by atoms with Crippen molar-refractivity contribution in [2.24, 2.45) is 5.92 Å². The van der Waals surface area contributed by atoms with Crippen LogP contribution in [0, 0.1) is 12.8 Å². The van der Waals surface area contributed by atoms with Crippen molar-refractivity contribution in [3.05, 3.63) is 46.4 Å². The molecule has 0 N–H and O–H groups in total. The van der Waals surface area contributed by atoms with Gasteiger partial charge in [0.2, 0.25) is 0 Å². The van der Waals surface area contributed by atoms with Gasteiger partial charge in [0.15, 0.2) is 0 Å². The van der Waals surface area contributed by atoms with Gasteiger partial charge in [0.25, 0.3) is 6.43 Å². The Morgan fingerprint density at radius 1 is 1.25 bits per heavy atom. The van der Waals surface area contributed by atoms with E-state index in [1.165, 1.54) is 0 Å². The SMILES string of the molecule is Cc1cnnc2c1C1(CCN(c3cc4c(c(C(F)F)n3)C=CCC3C(C)CN43)CC1)OC2. The number of piperidine rings is 1. The number of alkyl halides is 2. The fourth-order valence-corrected chi connectivity index (χ4v) is 6.00. The lowest BCUT2D eigenvalue weighted by Crippen LogP contribution is -2.55. The van der Waals surface area contributed by atoms with E-state index in [9.17, 15) is 8.78 Å². The van der Waals surface area contributed by atoms with Gasteiger partial charge in [-0.25, -0.2) is 13.8 Å². The highest BCUT2D eigenvalue weighted by molar-refractivity contribution is 5.75. The van der Waals surface area contributed by atoms with Crippen LogP contribution >= 0.6 is 0 Å². The third-order valence-corrected chi connectivity index (χ3v) is 7.72. The van der Waals surface area contributed by atoms with Crippen molar-refractivity contribution in [2.75, 3.05) is 29.4 Å². The van der Waals surface area contributed by atoms with Gasteiger partial charge < -0.3 is 14.5 Å². The van der Waals surface area contributed by atoms with E-state index >= 15 is 0 Å². The van der Waals surface area contributed by atoms with Crippen LogP contribution in [0.1, 0.15) is 60.7 Å². The number of ether oxygens (including phenoxy) is 1. The molecule has 0 radical (unpaired) electrons. The van der Waals surface area contributed by atoms with Gasteiger partial charge in [0, 0.05) is 48.6 Å². The van der Waals surface area contributed by atoms with Gasteiger partial charge in [-0.2, -0.15) is 10.2 Å². The maximum absolute atomic E-state index is 14.0. The number of fused-ring (bicyclic) bond motifs is 5. The lowest BCUT2D eigenvalue weighted by molar-refractivity contribution is -0.0558. The fraction of sp³-hybridized carbons (Fsp3) is 0.542. The third kappa shape index (κ3) is 2.88. The second kappa shape index (κ2) is 7.20. The summed E-state index contributed by atoms with van der Waals surface area (Å²) in [7, 11) is 0. The van der Waals surface area contributed by atoms with Gasteiger partial charge >= 0.3 is 0 Å². The summed E-state index contributed by atoms with van der Waals surface area (Å²) < 4.78 is 34.3. The molecule has 1 spiro atoms. The molecule has 2 atom stereocenters. The minimum Gasteiger partial charge on any atom is -0.367 e. The summed E-state index contributed by atoms with van der Waals surface area (Å²) in [5.74, 6) is 1.21. The van der Waals surface area contributed by atoms with Crippen molar-refractivity contribution in [1.29, 1.82) is 0 Å². The van der Waals surface area contributed by atoms with Gasteiger partial charge in [0.1, 0.15) is 11.5 Å². The number of aromatic nitrogens is 3. The molecule has 2 aromatic rings. The molecule has 0 bridgehead atoms. The first kappa shape index (κ1) is 20.0. The van der Waals surface area contributed by atoms with Gasteiger partial charge in [-0.15, -0.1) is 0 Å².